The van der Waals surface area contributed by atoms with E-state index in [4.69, 9.17) is 4.74 Å². The van der Waals surface area contributed by atoms with Crippen molar-refractivity contribution in [3.05, 3.63) is 78.2 Å². The third-order valence-electron chi connectivity index (χ3n) is 4.94. The fourth-order valence-corrected chi connectivity index (χ4v) is 3.47. The van der Waals surface area contributed by atoms with Crippen molar-refractivity contribution in [1.82, 2.24) is 14.9 Å². The number of imidazole rings is 1. The van der Waals surface area contributed by atoms with Crippen LogP contribution in [-0.2, 0) is 11.2 Å². The minimum absolute atomic E-state index is 0.00573. The molecular formula is C23H27N5O2. The zero-order valence-corrected chi connectivity index (χ0v) is 17.0. The molecule has 3 aromatic rings. The normalized spacial score (nSPS) is 16.3. The monoisotopic (exact) mass is 405 g/mol. The molecule has 0 fully saturated rings. The first-order chi connectivity index (χ1) is 14.8. The van der Waals surface area contributed by atoms with Gasteiger partial charge >= 0.3 is 0 Å². The Bertz CT molecular complexity index is 972. The number of ether oxygens (including phenoxy) is 1. The molecule has 0 bridgehead atoms. The molecule has 0 amide bonds. The number of amidine groups is 1. The summed E-state index contributed by atoms with van der Waals surface area (Å²) in [5.74, 6) is 0.816. The Morgan fingerprint density at radius 1 is 1.13 bits per heavy atom. The van der Waals surface area contributed by atoms with Gasteiger partial charge in [0, 0.05) is 11.7 Å². The average Bonchev–Trinajstić information content (AvgIpc) is 3.23. The molecule has 2 atom stereocenters. The second kappa shape index (κ2) is 9.56. The number of aliphatic hydroxyl groups is 1. The minimum atomic E-state index is -0.418. The van der Waals surface area contributed by atoms with E-state index in [2.05, 4.69) is 39.7 Å². The standard InChI is InChI=1S/C23H27N5O2/c1-2-13-30-23-26-21(25-18(15-29)14-17-9-5-3-6-10-17)20-22(27-23)28(16-24-20)19-11-7-4-8-12-19/h3-12,16,18,21,25,29H,2,13-15H2,1H3,(H,26,27)/t18-,21-/m0/s1. The predicted octanol–water partition coefficient (Wildman–Crippen LogP) is 3.27. The van der Waals surface area contributed by atoms with Crippen LogP contribution >= 0.6 is 0 Å². The van der Waals surface area contributed by atoms with E-state index in [1.807, 2.05) is 53.1 Å². The van der Waals surface area contributed by atoms with Crippen LogP contribution in [-0.4, -0.2) is 39.9 Å². The molecule has 2 heterocycles. The Morgan fingerprint density at radius 3 is 2.57 bits per heavy atom. The molecule has 0 saturated carbocycles. The van der Waals surface area contributed by atoms with Crippen molar-refractivity contribution in [2.24, 2.45) is 4.99 Å². The summed E-state index contributed by atoms with van der Waals surface area (Å²) in [6.07, 6.45) is 2.94. The van der Waals surface area contributed by atoms with Crippen molar-refractivity contribution in [3.8, 4) is 5.69 Å². The van der Waals surface area contributed by atoms with E-state index in [9.17, 15) is 5.11 Å². The van der Waals surface area contributed by atoms with Crippen LogP contribution in [0.15, 0.2) is 72.0 Å². The number of anilines is 1. The maximum Gasteiger partial charge on any atom is 0.292 e. The van der Waals surface area contributed by atoms with Gasteiger partial charge in [-0.15, -0.1) is 0 Å². The number of hydrogen-bond acceptors (Lipinski definition) is 6. The van der Waals surface area contributed by atoms with Gasteiger partial charge in [0.2, 0.25) is 0 Å². The van der Waals surface area contributed by atoms with Crippen LogP contribution in [0, 0.1) is 0 Å². The lowest BCUT2D eigenvalue weighted by Crippen LogP contribution is -2.39. The Kier molecular flexibility index (Phi) is 6.41. The van der Waals surface area contributed by atoms with Gasteiger partial charge in [0.25, 0.3) is 6.02 Å². The predicted molar refractivity (Wildman–Crippen MR) is 118 cm³/mol. The van der Waals surface area contributed by atoms with E-state index in [1.165, 1.54) is 0 Å². The van der Waals surface area contributed by atoms with Crippen molar-refractivity contribution in [2.45, 2.75) is 32.0 Å². The van der Waals surface area contributed by atoms with Gasteiger partial charge in [0.15, 0.2) is 6.17 Å². The SMILES string of the molecule is CCCOC1=N[C@H](N[C@H](CO)Cc2ccccc2)c2ncn(-c3ccccc3)c2N1. The zero-order chi connectivity index (χ0) is 20.8. The number of aliphatic imine (C=N–C) groups is 1. The van der Waals surface area contributed by atoms with Gasteiger partial charge in [-0.25, -0.2) is 9.98 Å². The molecule has 0 unspecified atom stereocenters. The van der Waals surface area contributed by atoms with Crippen LogP contribution in [0.3, 0.4) is 0 Å². The molecule has 7 heteroatoms. The minimum Gasteiger partial charge on any atom is -0.465 e. The summed E-state index contributed by atoms with van der Waals surface area (Å²) in [7, 11) is 0. The van der Waals surface area contributed by atoms with Gasteiger partial charge in [-0.3, -0.25) is 15.2 Å². The molecule has 3 N–H and O–H groups in total. The molecule has 7 nitrogen and oxygen atoms in total. The Balaban J connectivity index is 1.61. The smallest absolute Gasteiger partial charge is 0.292 e. The molecular weight excluding hydrogens is 378 g/mol. The summed E-state index contributed by atoms with van der Waals surface area (Å²) in [6, 6.07) is 20.4. The molecule has 1 aromatic heterocycles. The molecule has 4 rings (SSSR count). The number of benzene rings is 2. The fraction of sp³-hybridized carbons (Fsp3) is 0.304. The van der Waals surface area contributed by atoms with E-state index >= 15 is 0 Å². The molecule has 156 valence electrons. The molecule has 0 aliphatic carbocycles. The van der Waals surface area contributed by atoms with Gasteiger partial charge < -0.3 is 9.84 Å². The van der Waals surface area contributed by atoms with E-state index in [1.54, 1.807) is 6.33 Å². The number of nitrogens with zero attached hydrogens (tertiary/aromatic N) is 3. The van der Waals surface area contributed by atoms with Gasteiger partial charge in [-0.05, 0) is 30.5 Å². The Labute approximate surface area is 176 Å². The largest absolute Gasteiger partial charge is 0.465 e. The highest BCUT2D eigenvalue weighted by Crippen LogP contribution is 2.30. The number of para-hydroxylation sites is 1. The summed E-state index contributed by atoms with van der Waals surface area (Å²) in [6.45, 7) is 2.62. The van der Waals surface area contributed by atoms with Crippen molar-refractivity contribution >= 4 is 11.8 Å². The van der Waals surface area contributed by atoms with E-state index in [0.29, 0.717) is 19.0 Å². The maximum absolute atomic E-state index is 9.97. The number of hydrogen-bond donors (Lipinski definition) is 3. The third-order valence-corrected chi connectivity index (χ3v) is 4.94. The third kappa shape index (κ3) is 4.53. The quantitative estimate of drug-likeness (QED) is 0.536. The Hall–Kier alpha value is -3.16. The number of rotatable bonds is 8. The first-order valence-corrected chi connectivity index (χ1v) is 10.3. The highest BCUT2D eigenvalue weighted by Gasteiger charge is 2.29. The van der Waals surface area contributed by atoms with Crippen molar-refractivity contribution in [3.63, 3.8) is 0 Å². The Morgan fingerprint density at radius 2 is 1.87 bits per heavy atom. The first kappa shape index (κ1) is 20.1. The lowest BCUT2D eigenvalue weighted by Gasteiger charge is -2.26. The first-order valence-electron chi connectivity index (χ1n) is 10.3. The van der Waals surface area contributed by atoms with Gasteiger partial charge in [-0.1, -0.05) is 55.5 Å². The number of aliphatic hydroxyl groups excluding tert-OH is 1. The van der Waals surface area contributed by atoms with Gasteiger partial charge in [-0.2, -0.15) is 0 Å². The second-order valence-electron chi connectivity index (χ2n) is 7.23. The van der Waals surface area contributed by atoms with E-state index in [-0.39, 0.29) is 12.6 Å². The molecule has 0 saturated heterocycles. The van der Waals surface area contributed by atoms with Crippen LogP contribution in [0.5, 0.6) is 0 Å². The highest BCUT2D eigenvalue weighted by molar-refractivity contribution is 5.91. The van der Waals surface area contributed by atoms with Crippen molar-refractivity contribution in [1.29, 1.82) is 0 Å². The van der Waals surface area contributed by atoms with Crippen LogP contribution in [0.1, 0.15) is 30.8 Å². The highest BCUT2D eigenvalue weighted by atomic mass is 16.5. The fourth-order valence-electron chi connectivity index (χ4n) is 3.47. The lowest BCUT2D eigenvalue weighted by atomic mass is 10.1. The van der Waals surface area contributed by atoms with Crippen LogP contribution in [0.2, 0.25) is 0 Å². The van der Waals surface area contributed by atoms with E-state index in [0.717, 1.165) is 29.2 Å². The second-order valence-corrected chi connectivity index (χ2v) is 7.23. The summed E-state index contributed by atoms with van der Waals surface area (Å²) < 4.78 is 7.79. The summed E-state index contributed by atoms with van der Waals surface area (Å²) in [4.78, 5) is 9.30. The molecule has 0 spiro atoms. The molecule has 1 aliphatic heterocycles. The number of fused-ring (bicyclic) bond motifs is 1. The van der Waals surface area contributed by atoms with Crippen LogP contribution in [0.25, 0.3) is 5.69 Å². The van der Waals surface area contributed by atoms with Crippen molar-refractivity contribution in [2.75, 3.05) is 18.5 Å². The number of nitrogens with one attached hydrogen (secondary N) is 2. The van der Waals surface area contributed by atoms with Crippen molar-refractivity contribution < 1.29 is 9.84 Å². The molecule has 2 aromatic carbocycles. The lowest BCUT2D eigenvalue weighted by molar-refractivity contribution is 0.228. The maximum atomic E-state index is 9.97. The number of aromatic nitrogens is 2. The summed E-state index contributed by atoms with van der Waals surface area (Å²) in [5.41, 5.74) is 2.92. The molecule has 0 radical (unpaired) electrons. The van der Waals surface area contributed by atoms with Gasteiger partial charge in [0.1, 0.15) is 17.8 Å². The summed E-state index contributed by atoms with van der Waals surface area (Å²) >= 11 is 0. The zero-order valence-electron chi connectivity index (χ0n) is 17.0. The molecule has 1 aliphatic rings. The van der Waals surface area contributed by atoms with Crippen LogP contribution in [0.4, 0.5) is 5.82 Å². The molecule has 30 heavy (non-hydrogen) atoms. The van der Waals surface area contributed by atoms with Gasteiger partial charge in [0.05, 0.1) is 13.2 Å². The van der Waals surface area contributed by atoms with Crippen LogP contribution < -0.4 is 10.6 Å². The topological polar surface area (TPSA) is 83.7 Å². The summed E-state index contributed by atoms with van der Waals surface area (Å²) in [5, 5.41) is 16.7. The average molecular weight is 406 g/mol. The van der Waals surface area contributed by atoms with E-state index < -0.39 is 6.17 Å².